The molecule has 1 saturated heterocycles. The van der Waals surface area contributed by atoms with Crippen molar-refractivity contribution in [3.63, 3.8) is 0 Å². The van der Waals surface area contributed by atoms with Crippen molar-refractivity contribution in [1.29, 1.82) is 0 Å². The molecule has 0 aromatic rings. The van der Waals surface area contributed by atoms with E-state index < -0.39 is 0 Å². The lowest BCUT2D eigenvalue weighted by molar-refractivity contribution is 0.127. The van der Waals surface area contributed by atoms with Crippen molar-refractivity contribution in [2.45, 2.75) is 18.3 Å². The Balaban J connectivity index is 2.22. The van der Waals surface area contributed by atoms with E-state index in [2.05, 4.69) is 6.92 Å². The van der Waals surface area contributed by atoms with Gasteiger partial charge in [-0.2, -0.15) is 11.8 Å². The lowest BCUT2D eigenvalue weighted by Crippen LogP contribution is -2.20. The minimum Gasteiger partial charge on any atom is -0.389 e. The third kappa shape index (κ3) is 1.85. The van der Waals surface area contributed by atoms with E-state index in [1.165, 1.54) is 0 Å². The normalized spacial score (nSPS) is 35.3. The van der Waals surface area contributed by atoms with Crippen molar-refractivity contribution >= 4 is 11.8 Å². The monoisotopic (exact) mass is 148 g/mol. The highest BCUT2D eigenvalue weighted by Gasteiger charge is 2.25. The molecule has 0 saturated carbocycles. The van der Waals surface area contributed by atoms with E-state index in [1.807, 2.05) is 0 Å². The third-order valence-corrected chi connectivity index (χ3v) is 2.59. The fourth-order valence-electron chi connectivity index (χ4n) is 0.897. The Morgan fingerprint density at radius 2 is 2.44 bits per heavy atom. The summed E-state index contributed by atoms with van der Waals surface area (Å²) in [4.78, 5) is 0. The molecule has 3 heteroatoms. The Morgan fingerprint density at radius 3 is 2.89 bits per heavy atom. The first-order chi connectivity index (χ1) is 4.34. The first-order valence-corrected chi connectivity index (χ1v) is 4.27. The molecule has 0 aromatic carbocycles. The van der Waals surface area contributed by atoms with Gasteiger partial charge in [-0.05, 0) is 5.75 Å². The van der Waals surface area contributed by atoms with Gasteiger partial charge < -0.3 is 9.84 Å². The summed E-state index contributed by atoms with van der Waals surface area (Å²) in [6.07, 6.45) is -0.227. The molecule has 1 heterocycles. The van der Waals surface area contributed by atoms with Crippen molar-refractivity contribution in [3.05, 3.63) is 0 Å². The quantitative estimate of drug-likeness (QED) is 0.618. The first kappa shape index (κ1) is 7.38. The lowest BCUT2D eigenvalue weighted by atomic mass is 10.3. The predicted octanol–water partition coefficient (Wildman–Crippen LogP) is 0.499. The van der Waals surface area contributed by atoms with Crippen LogP contribution in [0.3, 0.4) is 0 Å². The standard InChI is InChI=1S/C6H12O2S/c1-2-9-6-4-8-3-5(6)7/h5-7H,2-4H2,1H3/t5-,6-/m1/s1. The second-order valence-electron chi connectivity index (χ2n) is 2.10. The van der Waals surface area contributed by atoms with Crippen LogP contribution in [0.5, 0.6) is 0 Å². The lowest BCUT2D eigenvalue weighted by Gasteiger charge is -2.08. The van der Waals surface area contributed by atoms with Gasteiger partial charge >= 0.3 is 0 Å². The molecule has 0 aromatic heterocycles. The summed E-state index contributed by atoms with van der Waals surface area (Å²) < 4.78 is 5.05. The van der Waals surface area contributed by atoms with Crippen LogP contribution in [0.1, 0.15) is 6.92 Å². The maximum absolute atomic E-state index is 9.17. The molecule has 0 unspecified atom stereocenters. The fourth-order valence-corrected chi connectivity index (χ4v) is 1.82. The summed E-state index contributed by atoms with van der Waals surface area (Å²) in [6.45, 7) is 3.34. The average Bonchev–Trinajstić information content (AvgIpc) is 2.18. The number of aliphatic hydroxyl groups excluding tert-OH is 1. The van der Waals surface area contributed by atoms with Gasteiger partial charge in [0, 0.05) is 0 Å². The minimum absolute atomic E-state index is 0.227. The van der Waals surface area contributed by atoms with Crippen molar-refractivity contribution in [3.8, 4) is 0 Å². The molecule has 1 aliphatic heterocycles. The fraction of sp³-hybridized carbons (Fsp3) is 1.00. The van der Waals surface area contributed by atoms with Gasteiger partial charge in [0.25, 0.3) is 0 Å². The molecule has 0 aliphatic carbocycles. The molecule has 54 valence electrons. The van der Waals surface area contributed by atoms with Gasteiger partial charge in [-0.25, -0.2) is 0 Å². The summed E-state index contributed by atoms with van der Waals surface area (Å²) in [6, 6.07) is 0. The van der Waals surface area contributed by atoms with Crippen molar-refractivity contribution < 1.29 is 9.84 Å². The number of rotatable bonds is 2. The van der Waals surface area contributed by atoms with Gasteiger partial charge in [-0.15, -0.1) is 0 Å². The number of hydrogen-bond acceptors (Lipinski definition) is 3. The van der Waals surface area contributed by atoms with Gasteiger partial charge in [-0.3, -0.25) is 0 Å². The molecule has 9 heavy (non-hydrogen) atoms. The van der Waals surface area contributed by atoms with Gasteiger partial charge in [0.2, 0.25) is 0 Å². The van der Waals surface area contributed by atoms with Crippen LogP contribution in [0.15, 0.2) is 0 Å². The van der Waals surface area contributed by atoms with E-state index in [0.29, 0.717) is 11.9 Å². The van der Waals surface area contributed by atoms with E-state index in [9.17, 15) is 5.11 Å². The van der Waals surface area contributed by atoms with E-state index in [0.717, 1.165) is 12.4 Å². The molecule has 0 bridgehead atoms. The first-order valence-electron chi connectivity index (χ1n) is 3.22. The van der Waals surface area contributed by atoms with E-state index in [4.69, 9.17) is 4.74 Å². The maximum Gasteiger partial charge on any atom is 0.0914 e. The molecule has 0 spiro atoms. The highest BCUT2D eigenvalue weighted by molar-refractivity contribution is 7.99. The smallest absolute Gasteiger partial charge is 0.0914 e. The molecule has 0 amide bonds. The van der Waals surface area contributed by atoms with Crippen LogP contribution in [0.2, 0.25) is 0 Å². The number of thioether (sulfide) groups is 1. The largest absolute Gasteiger partial charge is 0.389 e. The second-order valence-corrected chi connectivity index (χ2v) is 3.61. The van der Waals surface area contributed by atoms with Crippen molar-refractivity contribution in [2.24, 2.45) is 0 Å². The maximum atomic E-state index is 9.17. The number of hydrogen-bond donors (Lipinski definition) is 1. The molecule has 0 radical (unpaired) electrons. The van der Waals surface area contributed by atoms with Crippen LogP contribution in [-0.4, -0.2) is 35.4 Å². The number of aliphatic hydroxyl groups is 1. The van der Waals surface area contributed by atoms with Gasteiger partial charge in [0.15, 0.2) is 0 Å². The SMILES string of the molecule is CCS[C@@H]1COC[C@H]1O. The Hall–Kier alpha value is 0.270. The van der Waals surface area contributed by atoms with Crippen LogP contribution in [-0.2, 0) is 4.74 Å². The Morgan fingerprint density at radius 1 is 1.67 bits per heavy atom. The zero-order valence-electron chi connectivity index (χ0n) is 5.54. The molecule has 2 atom stereocenters. The van der Waals surface area contributed by atoms with E-state index >= 15 is 0 Å². The molecule has 1 fully saturated rings. The van der Waals surface area contributed by atoms with Gasteiger partial charge in [-0.1, -0.05) is 6.92 Å². The van der Waals surface area contributed by atoms with Crippen LogP contribution < -0.4 is 0 Å². The minimum atomic E-state index is -0.227. The van der Waals surface area contributed by atoms with E-state index in [1.54, 1.807) is 11.8 Å². The van der Waals surface area contributed by atoms with E-state index in [-0.39, 0.29) is 6.10 Å². The summed E-state index contributed by atoms with van der Waals surface area (Å²) in [5, 5.41) is 9.50. The Bertz CT molecular complexity index is 87.1. The predicted molar refractivity (Wildman–Crippen MR) is 38.7 cm³/mol. The van der Waals surface area contributed by atoms with Crippen LogP contribution in [0, 0.1) is 0 Å². The van der Waals surface area contributed by atoms with Crippen LogP contribution in [0.25, 0.3) is 0 Å². The molecular formula is C6H12O2S. The zero-order valence-corrected chi connectivity index (χ0v) is 6.36. The summed E-state index contributed by atoms with van der Waals surface area (Å²) in [5.41, 5.74) is 0. The second kappa shape index (κ2) is 3.44. The van der Waals surface area contributed by atoms with Crippen LogP contribution in [0.4, 0.5) is 0 Å². The highest BCUT2D eigenvalue weighted by atomic mass is 32.2. The summed E-state index contributed by atoms with van der Waals surface area (Å²) >= 11 is 1.77. The van der Waals surface area contributed by atoms with Gasteiger partial charge in [0.05, 0.1) is 24.6 Å². The Kier molecular flexibility index (Phi) is 2.82. The topological polar surface area (TPSA) is 29.5 Å². The van der Waals surface area contributed by atoms with Crippen molar-refractivity contribution in [2.75, 3.05) is 19.0 Å². The number of ether oxygens (including phenoxy) is 1. The Labute approximate surface area is 59.6 Å². The zero-order chi connectivity index (χ0) is 6.69. The van der Waals surface area contributed by atoms with Crippen LogP contribution >= 0.6 is 11.8 Å². The molecule has 1 rings (SSSR count). The molecule has 2 nitrogen and oxygen atoms in total. The highest BCUT2D eigenvalue weighted by Crippen LogP contribution is 2.19. The molecule has 1 N–H and O–H groups in total. The summed E-state index contributed by atoms with van der Waals surface area (Å²) in [7, 11) is 0. The summed E-state index contributed by atoms with van der Waals surface area (Å²) in [5.74, 6) is 1.06. The molecule has 1 aliphatic rings. The van der Waals surface area contributed by atoms with Crippen molar-refractivity contribution in [1.82, 2.24) is 0 Å². The third-order valence-electron chi connectivity index (χ3n) is 1.38. The van der Waals surface area contributed by atoms with Gasteiger partial charge in [0.1, 0.15) is 0 Å². The average molecular weight is 148 g/mol. The molecular weight excluding hydrogens is 136 g/mol.